The van der Waals surface area contributed by atoms with Crippen molar-refractivity contribution in [2.45, 2.75) is 34.1 Å². The van der Waals surface area contributed by atoms with E-state index in [1.807, 2.05) is 0 Å². The maximum Gasteiger partial charge on any atom is -1.00 e. The summed E-state index contributed by atoms with van der Waals surface area (Å²) in [6.45, 7) is 9.45. The summed E-state index contributed by atoms with van der Waals surface area (Å²) in [5.74, 6) is 0.619. The first-order chi connectivity index (χ1) is 11.6. The van der Waals surface area contributed by atoms with E-state index in [0.29, 0.717) is 5.92 Å². The van der Waals surface area contributed by atoms with Crippen LogP contribution in [0.3, 0.4) is 0 Å². The van der Waals surface area contributed by atoms with Gasteiger partial charge in [0.05, 0.1) is 0 Å². The van der Waals surface area contributed by atoms with Crippen LogP contribution in [0.2, 0.25) is 0 Å². The molecule has 2 aliphatic carbocycles. The Morgan fingerprint density at radius 2 is 1.65 bits per heavy atom. The quantitative estimate of drug-likeness (QED) is 0.468. The van der Waals surface area contributed by atoms with E-state index in [9.17, 15) is 0 Å². The van der Waals surface area contributed by atoms with Gasteiger partial charge in [-0.05, 0) is 0 Å². The van der Waals surface area contributed by atoms with E-state index in [-0.39, 0.29) is 24.8 Å². The van der Waals surface area contributed by atoms with Crippen molar-refractivity contribution in [3.05, 3.63) is 74.6 Å². The molecule has 0 amide bonds. The van der Waals surface area contributed by atoms with Crippen LogP contribution < -0.4 is 28.1 Å². The molecule has 0 radical (unpaired) electrons. The van der Waals surface area contributed by atoms with Gasteiger partial charge in [-0.2, -0.15) is 0 Å². The van der Waals surface area contributed by atoms with Crippen molar-refractivity contribution in [3.63, 3.8) is 0 Å². The van der Waals surface area contributed by atoms with Crippen molar-refractivity contribution in [3.8, 4) is 11.1 Å². The van der Waals surface area contributed by atoms with Gasteiger partial charge < -0.3 is 24.8 Å². The van der Waals surface area contributed by atoms with E-state index >= 15 is 0 Å². The molecule has 0 bridgehead atoms. The molecule has 0 aliphatic heterocycles. The van der Waals surface area contributed by atoms with Crippen LogP contribution in [0.1, 0.15) is 38.8 Å². The molecule has 0 aromatic heterocycles. The van der Waals surface area contributed by atoms with Crippen LogP contribution in [-0.2, 0) is 27.7 Å². The Balaban J connectivity index is 0.00000121. The second kappa shape index (κ2) is 8.51. The molecule has 4 rings (SSSR count). The van der Waals surface area contributed by atoms with E-state index < -0.39 is 21.3 Å². The van der Waals surface area contributed by atoms with Gasteiger partial charge in [0.1, 0.15) is 0 Å². The van der Waals surface area contributed by atoms with Crippen molar-refractivity contribution in [2.75, 3.05) is 0 Å². The molecule has 3 heteroatoms. The summed E-state index contributed by atoms with van der Waals surface area (Å²) in [5, 5.41) is 0. The van der Waals surface area contributed by atoms with Crippen LogP contribution in [-0.4, -0.2) is 3.21 Å². The minimum Gasteiger partial charge on any atom is -1.00 e. The monoisotopic (exact) mass is 460 g/mol. The van der Waals surface area contributed by atoms with Gasteiger partial charge in [-0.3, -0.25) is 0 Å². The number of hydrogen-bond acceptors (Lipinski definition) is 0. The summed E-state index contributed by atoms with van der Waals surface area (Å²) in [6.07, 6.45) is 5.86. The molecule has 0 heterocycles. The zero-order chi connectivity index (χ0) is 16.8. The molecule has 0 nitrogen and oxygen atoms in total. The number of fused-ring (bicyclic) bond motifs is 3. The smallest absolute Gasteiger partial charge is 1.00 e. The third-order valence-electron chi connectivity index (χ3n) is 5.40. The fourth-order valence-corrected chi connectivity index (χ4v) is 12.2. The minimum atomic E-state index is -1.99. The molecule has 26 heavy (non-hydrogen) atoms. The molecule has 134 valence electrons. The first-order valence-electron chi connectivity index (χ1n) is 8.85. The SMILES string of the molecule is CC1=[C]([Zr+2](=[C](C)C)[c]2cccc3c2Cc2ccccc2-3)C(C)C=C1.[Cl-].[Cl-]. The predicted molar refractivity (Wildman–Crippen MR) is 102 cm³/mol. The van der Waals surface area contributed by atoms with Gasteiger partial charge in [-0.25, -0.2) is 0 Å². The molecule has 0 spiro atoms. The summed E-state index contributed by atoms with van der Waals surface area (Å²) in [7, 11) is 0. The van der Waals surface area contributed by atoms with E-state index in [1.165, 1.54) is 22.3 Å². The maximum atomic E-state index is 2.44. The minimum absolute atomic E-state index is 0. The third-order valence-corrected chi connectivity index (χ3v) is 13.8. The summed E-state index contributed by atoms with van der Waals surface area (Å²) < 4.78 is 5.17. The number of halogens is 2. The van der Waals surface area contributed by atoms with Crippen LogP contribution in [0, 0.1) is 5.92 Å². The van der Waals surface area contributed by atoms with Crippen molar-refractivity contribution < 1.29 is 46.1 Å². The van der Waals surface area contributed by atoms with Crippen LogP contribution >= 0.6 is 0 Å². The average Bonchev–Trinajstić information content (AvgIpc) is 3.10. The van der Waals surface area contributed by atoms with E-state index in [4.69, 9.17) is 0 Å². The normalized spacial score (nSPS) is 16.2. The Hall–Kier alpha value is -0.747. The van der Waals surface area contributed by atoms with E-state index in [0.717, 1.165) is 6.42 Å². The topological polar surface area (TPSA) is 0 Å². The largest absolute Gasteiger partial charge is 1.00 e. The van der Waals surface area contributed by atoms with Crippen molar-refractivity contribution in [2.24, 2.45) is 5.92 Å². The molecule has 1 unspecified atom stereocenters. The fraction of sp³-hybridized carbons (Fsp3) is 0.261. The molecular weight excluding hydrogens is 438 g/mol. The van der Waals surface area contributed by atoms with Crippen LogP contribution in [0.5, 0.6) is 0 Å². The Bertz CT molecular complexity index is 931. The maximum absolute atomic E-state index is 2.44. The first-order valence-corrected chi connectivity index (χ1v) is 12.5. The molecule has 2 aromatic rings. The summed E-state index contributed by atoms with van der Waals surface area (Å²) in [4.78, 5) is 0. The molecular formula is C23H24Cl2Zr. The summed E-state index contributed by atoms with van der Waals surface area (Å²) in [5.41, 5.74) is 7.59. The third kappa shape index (κ3) is 3.51. The molecule has 0 N–H and O–H groups in total. The average molecular weight is 463 g/mol. The number of benzene rings is 2. The zero-order valence-corrected chi connectivity index (χ0v) is 19.7. The van der Waals surface area contributed by atoms with E-state index in [1.54, 1.807) is 15.3 Å². The van der Waals surface area contributed by atoms with Gasteiger partial charge in [-0.15, -0.1) is 0 Å². The Labute approximate surface area is 177 Å². The van der Waals surface area contributed by atoms with Gasteiger partial charge in [0.2, 0.25) is 0 Å². The van der Waals surface area contributed by atoms with Gasteiger partial charge in [0, 0.05) is 0 Å². The van der Waals surface area contributed by atoms with E-state index in [2.05, 4.69) is 82.3 Å². The Morgan fingerprint density at radius 3 is 2.31 bits per heavy atom. The molecule has 1 atom stereocenters. The van der Waals surface area contributed by atoms with Crippen molar-refractivity contribution in [1.82, 2.24) is 0 Å². The second-order valence-electron chi connectivity index (χ2n) is 7.29. The van der Waals surface area contributed by atoms with Gasteiger partial charge >= 0.3 is 154 Å². The van der Waals surface area contributed by atoms with Crippen molar-refractivity contribution in [1.29, 1.82) is 0 Å². The molecule has 0 saturated carbocycles. The van der Waals surface area contributed by atoms with Crippen LogP contribution in [0.25, 0.3) is 11.1 Å². The van der Waals surface area contributed by atoms with Gasteiger partial charge in [0.25, 0.3) is 0 Å². The Morgan fingerprint density at radius 1 is 0.962 bits per heavy atom. The van der Waals surface area contributed by atoms with Crippen molar-refractivity contribution >= 4 is 6.48 Å². The molecule has 0 fully saturated rings. The Kier molecular flexibility index (Phi) is 7.05. The zero-order valence-electron chi connectivity index (χ0n) is 15.7. The number of hydrogen-bond donors (Lipinski definition) is 0. The van der Waals surface area contributed by atoms with Crippen LogP contribution in [0.4, 0.5) is 0 Å². The predicted octanol–water partition coefficient (Wildman–Crippen LogP) is -0.799. The van der Waals surface area contributed by atoms with Gasteiger partial charge in [0.15, 0.2) is 0 Å². The molecule has 0 saturated heterocycles. The molecule has 2 aromatic carbocycles. The van der Waals surface area contributed by atoms with Crippen LogP contribution in [0.15, 0.2) is 63.5 Å². The first kappa shape index (κ1) is 21.6. The number of allylic oxidation sites excluding steroid dienone is 4. The summed E-state index contributed by atoms with van der Waals surface area (Å²) in [6, 6.07) is 16.0. The fourth-order valence-electron chi connectivity index (χ4n) is 4.33. The molecule has 2 aliphatic rings. The van der Waals surface area contributed by atoms with Gasteiger partial charge in [-0.1, -0.05) is 0 Å². The number of rotatable bonds is 2. The standard InChI is InChI=1S/C13H9.C7H9.C3H6.2ClH.Zr/c1-3-7-12-10(5-1)9-11-6-2-4-8-13(11)12;1-6-3-4-7(2)5-6;1-3-2;;;/h1-5,7-8H,9H2;3-4,6H,1-2H3;1-2H3;2*1H;/q;;;;;+2/p-2. The summed E-state index contributed by atoms with van der Waals surface area (Å²) >= 11 is -1.99. The second-order valence-corrected chi connectivity index (χ2v) is 14.2.